The first-order chi connectivity index (χ1) is 14.4. The number of nitrogens with one attached hydrogen (secondary N) is 2. The number of hydrogen-bond donors (Lipinski definition) is 2. The number of aryl methyl sites for hydroxylation is 1. The van der Waals surface area contributed by atoms with E-state index in [1.165, 1.54) is 0 Å². The van der Waals surface area contributed by atoms with Gasteiger partial charge in [0.15, 0.2) is 5.69 Å². The number of nitrogens with zero attached hydrogens (tertiary/aromatic N) is 5. The van der Waals surface area contributed by atoms with Crippen LogP contribution < -0.4 is 10.6 Å². The van der Waals surface area contributed by atoms with Crippen molar-refractivity contribution in [2.75, 3.05) is 12.4 Å². The van der Waals surface area contributed by atoms with Gasteiger partial charge in [0, 0.05) is 19.8 Å². The molecule has 160 valence electrons. The fourth-order valence-corrected chi connectivity index (χ4v) is 6.56. The predicted molar refractivity (Wildman–Crippen MR) is 110 cm³/mol. The minimum atomic E-state index is -0.475. The summed E-state index contributed by atoms with van der Waals surface area (Å²) in [6.45, 7) is 2.56. The molecule has 0 spiro atoms. The van der Waals surface area contributed by atoms with Crippen LogP contribution in [-0.4, -0.2) is 43.4 Å². The molecule has 0 aliphatic heterocycles. The minimum Gasteiger partial charge on any atom is -0.354 e. The Labute approximate surface area is 179 Å². The first-order valence-corrected chi connectivity index (χ1v) is 10.9. The van der Waals surface area contributed by atoms with E-state index in [1.807, 2.05) is 11.6 Å². The first kappa shape index (κ1) is 19.5. The topological polar surface area (TPSA) is 107 Å². The molecule has 2 N–H and O–H groups in total. The molecule has 2 atom stereocenters. The Balaban J connectivity index is 1.46. The first-order valence-electron chi connectivity index (χ1n) is 10.5. The van der Waals surface area contributed by atoms with E-state index in [1.54, 1.807) is 24.3 Å². The zero-order valence-electron chi connectivity index (χ0n) is 17.2. The van der Waals surface area contributed by atoms with E-state index in [0.717, 1.165) is 38.5 Å². The van der Waals surface area contributed by atoms with Crippen LogP contribution in [0.15, 0.2) is 12.5 Å². The second kappa shape index (κ2) is 6.80. The predicted octanol–water partition coefficient (Wildman–Crippen LogP) is 2.44. The minimum absolute atomic E-state index is 0.0204. The third kappa shape index (κ3) is 2.93. The molecule has 10 heteroatoms. The van der Waals surface area contributed by atoms with Gasteiger partial charge in [0.2, 0.25) is 11.2 Å². The number of carbonyl (C=O) groups is 2. The molecular formula is C20H26ClN7O2. The smallest absolute Gasteiger partial charge is 0.273 e. The maximum absolute atomic E-state index is 13.7. The van der Waals surface area contributed by atoms with Gasteiger partial charge in [-0.2, -0.15) is 5.10 Å². The number of hydrogen-bond acceptors (Lipinski definition) is 5. The molecule has 30 heavy (non-hydrogen) atoms. The number of aromatic nitrogens is 5. The molecule has 2 heterocycles. The van der Waals surface area contributed by atoms with Gasteiger partial charge in [0.25, 0.3) is 5.91 Å². The van der Waals surface area contributed by atoms with Crippen molar-refractivity contribution in [3.05, 3.63) is 23.5 Å². The van der Waals surface area contributed by atoms with Gasteiger partial charge in [-0.1, -0.05) is 0 Å². The van der Waals surface area contributed by atoms with E-state index in [4.69, 9.17) is 11.6 Å². The molecule has 2 amide bonds. The Hall–Kier alpha value is -2.42. The van der Waals surface area contributed by atoms with Crippen molar-refractivity contribution < 1.29 is 9.59 Å². The lowest BCUT2D eigenvalue weighted by atomic mass is 9.46. The van der Waals surface area contributed by atoms with Crippen LogP contribution in [0.5, 0.6) is 0 Å². The quantitative estimate of drug-likeness (QED) is 0.756. The largest absolute Gasteiger partial charge is 0.354 e. The number of carbonyl (C=O) groups excluding carboxylic acids is 2. The Morgan fingerprint density at radius 1 is 1.23 bits per heavy atom. The Bertz CT molecular complexity index is 999. The van der Waals surface area contributed by atoms with E-state index in [0.29, 0.717) is 24.1 Å². The lowest BCUT2D eigenvalue weighted by Crippen LogP contribution is -2.60. The summed E-state index contributed by atoms with van der Waals surface area (Å²) < 4.78 is 3.57. The van der Waals surface area contributed by atoms with Crippen LogP contribution in [-0.2, 0) is 16.9 Å². The third-order valence-electron chi connectivity index (χ3n) is 7.24. The molecule has 6 rings (SSSR count). The summed E-state index contributed by atoms with van der Waals surface area (Å²) in [7, 11) is 1.56. The number of amides is 2. The summed E-state index contributed by atoms with van der Waals surface area (Å²) >= 11 is 6.01. The molecule has 4 bridgehead atoms. The fourth-order valence-electron chi connectivity index (χ4n) is 6.44. The molecule has 4 aliphatic rings. The van der Waals surface area contributed by atoms with Gasteiger partial charge < -0.3 is 10.6 Å². The normalized spacial score (nSPS) is 31.7. The molecule has 4 aliphatic carbocycles. The molecule has 9 nitrogen and oxygen atoms in total. The number of rotatable bonds is 5. The van der Waals surface area contributed by atoms with Gasteiger partial charge >= 0.3 is 0 Å². The average Bonchev–Trinajstić information content (AvgIpc) is 3.33. The molecule has 0 aromatic carbocycles. The van der Waals surface area contributed by atoms with Crippen LogP contribution in [0.4, 0.5) is 5.69 Å². The maximum atomic E-state index is 13.7. The van der Waals surface area contributed by atoms with Crippen molar-refractivity contribution in [1.82, 2.24) is 29.9 Å². The number of halogens is 1. The van der Waals surface area contributed by atoms with Crippen LogP contribution in [0.2, 0.25) is 5.28 Å². The molecule has 0 radical (unpaired) electrons. The molecule has 4 saturated carbocycles. The van der Waals surface area contributed by atoms with Gasteiger partial charge in [-0.25, -0.2) is 9.67 Å². The van der Waals surface area contributed by atoms with Gasteiger partial charge in [0.05, 0.1) is 16.6 Å². The van der Waals surface area contributed by atoms with E-state index in [-0.39, 0.29) is 28.3 Å². The monoisotopic (exact) mass is 431 g/mol. The Morgan fingerprint density at radius 3 is 2.57 bits per heavy atom. The van der Waals surface area contributed by atoms with E-state index >= 15 is 0 Å². The van der Waals surface area contributed by atoms with Gasteiger partial charge in [-0.3, -0.25) is 14.3 Å². The molecule has 2 aromatic heterocycles. The highest BCUT2D eigenvalue weighted by atomic mass is 35.5. The molecule has 4 fully saturated rings. The van der Waals surface area contributed by atoms with Gasteiger partial charge in [-0.05, 0) is 68.9 Å². The standard InChI is InChI=1S/C20H26ClN7O2/c1-3-27-9-14(15(25-27)16(29)22-2)24-17(30)19-5-12-4-13(6-19)8-20(7-12,10-19)28-11-23-18(21)26-28/h9,11-13H,3-8,10H2,1-2H3,(H,22,29)(H,24,30). The average molecular weight is 432 g/mol. The highest BCUT2D eigenvalue weighted by Crippen LogP contribution is 2.64. The van der Waals surface area contributed by atoms with Crippen LogP contribution in [0.25, 0.3) is 0 Å². The molecule has 2 unspecified atom stereocenters. The highest BCUT2D eigenvalue weighted by Gasteiger charge is 2.61. The van der Waals surface area contributed by atoms with E-state index < -0.39 is 5.41 Å². The summed E-state index contributed by atoms with van der Waals surface area (Å²) in [5.41, 5.74) is 0.0280. The lowest BCUT2D eigenvalue weighted by molar-refractivity contribution is -0.150. The van der Waals surface area contributed by atoms with Crippen molar-refractivity contribution in [1.29, 1.82) is 0 Å². The number of anilines is 1. The van der Waals surface area contributed by atoms with Crippen molar-refractivity contribution in [2.24, 2.45) is 17.3 Å². The van der Waals surface area contributed by atoms with Crippen LogP contribution in [0, 0.1) is 17.3 Å². The highest BCUT2D eigenvalue weighted by molar-refractivity contribution is 6.28. The summed E-state index contributed by atoms with van der Waals surface area (Å²) in [4.78, 5) is 30.0. The second-order valence-corrected chi connectivity index (χ2v) is 9.54. The SMILES string of the molecule is CCn1cc(NC(=O)C23CC4CC(C2)CC(n2cnc(Cl)n2)(C4)C3)c(C(=O)NC)n1. The molecule has 2 aromatic rings. The zero-order chi connectivity index (χ0) is 21.1. The summed E-state index contributed by atoms with van der Waals surface area (Å²) in [5, 5.41) is 14.6. The van der Waals surface area contributed by atoms with Crippen molar-refractivity contribution in [3.8, 4) is 0 Å². The van der Waals surface area contributed by atoms with Crippen LogP contribution in [0.3, 0.4) is 0 Å². The van der Waals surface area contributed by atoms with Gasteiger partial charge in [0.1, 0.15) is 6.33 Å². The van der Waals surface area contributed by atoms with Crippen molar-refractivity contribution in [3.63, 3.8) is 0 Å². The van der Waals surface area contributed by atoms with E-state index in [2.05, 4.69) is 25.8 Å². The van der Waals surface area contributed by atoms with Gasteiger partial charge in [-0.15, -0.1) is 5.10 Å². The van der Waals surface area contributed by atoms with Crippen molar-refractivity contribution >= 4 is 29.1 Å². The second-order valence-electron chi connectivity index (χ2n) is 9.20. The summed E-state index contributed by atoms with van der Waals surface area (Å²) in [5.74, 6) is 0.637. The van der Waals surface area contributed by atoms with E-state index in [9.17, 15) is 9.59 Å². The lowest BCUT2D eigenvalue weighted by Gasteiger charge is -2.60. The fraction of sp³-hybridized carbons (Fsp3) is 0.650. The Kier molecular flexibility index (Phi) is 4.43. The zero-order valence-corrected chi connectivity index (χ0v) is 17.9. The molecular weight excluding hydrogens is 406 g/mol. The Morgan fingerprint density at radius 2 is 1.97 bits per heavy atom. The summed E-state index contributed by atoms with van der Waals surface area (Å²) in [6, 6.07) is 0. The van der Waals surface area contributed by atoms with Crippen LogP contribution in [0.1, 0.15) is 55.9 Å². The maximum Gasteiger partial charge on any atom is 0.273 e. The third-order valence-corrected chi connectivity index (χ3v) is 7.41. The summed E-state index contributed by atoms with van der Waals surface area (Å²) in [6.07, 6.45) is 9.08. The van der Waals surface area contributed by atoms with Crippen molar-refractivity contribution in [2.45, 2.75) is 57.5 Å². The molecule has 0 saturated heterocycles. The van der Waals surface area contributed by atoms with Crippen LogP contribution >= 0.6 is 11.6 Å².